The molecule has 0 fully saturated rings. The molecule has 4 aromatic rings. The highest BCUT2D eigenvalue weighted by Gasteiger charge is 2.35. The summed E-state index contributed by atoms with van der Waals surface area (Å²) >= 11 is 0. The molecule has 1 unspecified atom stereocenters. The van der Waals surface area contributed by atoms with Crippen molar-refractivity contribution in [3.8, 4) is 5.75 Å². The van der Waals surface area contributed by atoms with Gasteiger partial charge in [0.25, 0.3) is 0 Å². The summed E-state index contributed by atoms with van der Waals surface area (Å²) in [4.78, 5) is 18.6. The first-order valence-corrected chi connectivity index (χ1v) is 10.6. The van der Waals surface area contributed by atoms with E-state index in [1.54, 1.807) is 30.2 Å². The summed E-state index contributed by atoms with van der Waals surface area (Å²) < 4.78 is 19.6. The molecule has 162 valence electrons. The maximum absolute atomic E-state index is 14.2. The third-order valence-corrected chi connectivity index (χ3v) is 6.10. The molecular formula is C26H24FN3O2. The third-order valence-electron chi connectivity index (χ3n) is 6.10. The molecule has 2 heterocycles. The van der Waals surface area contributed by atoms with Gasteiger partial charge in [0.15, 0.2) is 0 Å². The minimum Gasteiger partial charge on any atom is -0.497 e. The fraction of sp³-hybridized carbons (Fsp3) is 0.192. The molecule has 2 N–H and O–H groups in total. The number of anilines is 1. The highest BCUT2D eigenvalue weighted by molar-refractivity contribution is 5.92. The Hall–Kier alpha value is -3.80. The normalized spacial score (nSPS) is 15.5. The summed E-state index contributed by atoms with van der Waals surface area (Å²) in [6, 6.07) is 19.7. The molecule has 1 aliphatic rings. The fourth-order valence-electron chi connectivity index (χ4n) is 4.46. The fourth-order valence-corrected chi connectivity index (χ4v) is 4.46. The number of nitrogens with zero attached hydrogens (tertiary/aromatic N) is 1. The summed E-state index contributed by atoms with van der Waals surface area (Å²) in [5.41, 5.74) is 5.48. The lowest BCUT2D eigenvalue weighted by Gasteiger charge is -2.36. The standard InChI is InChI=1S/C26H24FN3O2/c1-16-7-9-17(10-8-16)25-24-19(20-15-18(32-2)11-12-22(20)28-24)13-14-30(25)26(31)29-23-6-4-3-5-21(23)27/h3-12,15,25,28H,13-14H2,1-2H3,(H,29,31). The molecule has 6 heteroatoms. The number of methoxy groups -OCH3 is 1. The van der Waals surface area contributed by atoms with Gasteiger partial charge in [-0.1, -0.05) is 42.0 Å². The number of hydrogen-bond acceptors (Lipinski definition) is 2. The number of nitrogens with one attached hydrogen (secondary N) is 2. The van der Waals surface area contributed by atoms with Crippen LogP contribution in [0, 0.1) is 12.7 Å². The molecule has 0 spiro atoms. The topological polar surface area (TPSA) is 57.4 Å². The summed E-state index contributed by atoms with van der Waals surface area (Å²) in [6.07, 6.45) is 0.690. The van der Waals surface area contributed by atoms with Crippen LogP contribution in [0.5, 0.6) is 5.75 Å². The quantitative estimate of drug-likeness (QED) is 0.432. The van der Waals surface area contributed by atoms with Gasteiger partial charge in [-0.3, -0.25) is 0 Å². The van der Waals surface area contributed by atoms with Crippen LogP contribution in [-0.2, 0) is 6.42 Å². The lowest BCUT2D eigenvalue weighted by atomic mass is 9.92. The zero-order valence-electron chi connectivity index (χ0n) is 18.0. The number of fused-ring (bicyclic) bond motifs is 3. The number of rotatable bonds is 3. The van der Waals surface area contributed by atoms with Crippen molar-refractivity contribution in [2.75, 3.05) is 19.0 Å². The predicted molar refractivity (Wildman–Crippen MR) is 124 cm³/mol. The third kappa shape index (κ3) is 3.47. The van der Waals surface area contributed by atoms with Gasteiger partial charge >= 0.3 is 6.03 Å². The predicted octanol–water partition coefficient (Wildman–Crippen LogP) is 5.80. The van der Waals surface area contributed by atoms with E-state index >= 15 is 0 Å². The summed E-state index contributed by atoms with van der Waals surface area (Å²) in [6.45, 7) is 2.55. The van der Waals surface area contributed by atoms with Crippen LogP contribution in [0.2, 0.25) is 0 Å². The average Bonchev–Trinajstić information content (AvgIpc) is 3.18. The highest BCUT2D eigenvalue weighted by atomic mass is 19.1. The van der Waals surface area contributed by atoms with E-state index in [1.165, 1.54) is 11.6 Å². The number of para-hydroxylation sites is 1. The largest absolute Gasteiger partial charge is 0.497 e. The van der Waals surface area contributed by atoms with Gasteiger partial charge in [0.1, 0.15) is 11.6 Å². The molecule has 5 rings (SSSR count). The van der Waals surface area contributed by atoms with Crippen LogP contribution in [0.15, 0.2) is 66.7 Å². The Labute approximate surface area is 185 Å². The van der Waals surface area contributed by atoms with E-state index in [4.69, 9.17) is 4.74 Å². The summed E-state index contributed by atoms with van der Waals surface area (Å²) in [5, 5.41) is 3.85. The number of carbonyl (C=O) groups is 1. The summed E-state index contributed by atoms with van der Waals surface area (Å²) in [5.74, 6) is 0.342. The number of amides is 2. The Kier molecular flexibility index (Phi) is 5.05. The smallest absolute Gasteiger partial charge is 0.322 e. The van der Waals surface area contributed by atoms with Gasteiger partial charge in [-0.2, -0.15) is 0 Å². The monoisotopic (exact) mass is 429 g/mol. The lowest BCUT2D eigenvalue weighted by molar-refractivity contribution is 0.193. The van der Waals surface area contributed by atoms with Crippen LogP contribution in [-0.4, -0.2) is 29.6 Å². The molecule has 5 nitrogen and oxygen atoms in total. The molecule has 0 saturated carbocycles. The first kappa shape index (κ1) is 20.1. The van der Waals surface area contributed by atoms with Crippen molar-refractivity contribution in [2.24, 2.45) is 0 Å². The van der Waals surface area contributed by atoms with E-state index in [0.717, 1.165) is 33.5 Å². The SMILES string of the molecule is COc1ccc2[nH]c3c(c2c1)CCN(C(=O)Nc1ccccc1F)C3c1ccc(C)cc1. The number of halogens is 1. The molecule has 2 amide bonds. The number of carbonyl (C=O) groups excluding carboxylic acids is 1. The van der Waals surface area contributed by atoms with E-state index in [2.05, 4.69) is 10.3 Å². The second-order valence-electron chi connectivity index (χ2n) is 8.10. The Morgan fingerprint density at radius 1 is 1.12 bits per heavy atom. The number of aromatic amines is 1. The van der Waals surface area contributed by atoms with Crippen molar-refractivity contribution in [1.29, 1.82) is 0 Å². The van der Waals surface area contributed by atoms with Crippen LogP contribution in [0.1, 0.15) is 28.4 Å². The Morgan fingerprint density at radius 3 is 2.66 bits per heavy atom. The minimum absolute atomic E-state index is 0.173. The summed E-state index contributed by atoms with van der Waals surface area (Å²) in [7, 11) is 1.66. The Bertz CT molecular complexity index is 1300. The zero-order valence-corrected chi connectivity index (χ0v) is 18.0. The molecule has 0 aliphatic carbocycles. The first-order chi connectivity index (χ1) is 15.5. The Balaban J connectivity index is 1.59. The van der Waals surface area contributed by atoms with Crippen molar-refractivity contribution in [1.82, 2.24) is 9.88 Å². The second kappa shape index (κ2) is 8.04. The number of aromatic nitrogens is 1. The number of ether oxygens (including phenoxy) is 1. The van der Waals surface area contributed by atoms with Gasteiger partial charge in [0, 0.05) is 23.1 Å². The van der Waals surface area contributed by atoms with Crippen LogP contribution >= 0.6 is 0 Å². The number of benzene rings is 3. The molecule has 1 atom stereocenters. The van der Waals surface area contributed by atoms with E-state index in [9.17, 15) is 9.18 Å². The molecule has 32 heavy (non-hydrogen) atoms. The molecule has 3 aromatic carbocycles. The number of urea groups is 1. The van der Waals surface area contributed by atoms with E-state index < -0.39 is 5.82 Å². The maximum Gasteiger partial charge on any atom is 0.322 e. The number of H-pyrrole nitrogens is 1. The number of aryl methyl sites for hydroxylation is 1. The average molecular weight is 429 g/mol. The van der Waals surface area contributed by atoms with E-state index in [0.29, 0.717) is 13.0 Å². The van der Waals surface area contributed by atoms with Crippen LogP contribution in [0.3, 0.4) is 0 Å². The molecule has 1 aliphatic heterocycles. The minimum atomic E-state index is -0.455. The van der Waals surface area contributed by atoms with E-state index in [-0.39, 0.29) is 17.8 Å². The van der Waals surface area contributed by atoms with Crippen molar-refractivity contribution >= 4 is 22.6 Å². The van der Waals surface area contributed by atoms with Gasteiger partial charge < -0.3 is 19.9 Å². The molecule has 1 aromatic heterocycles. The van der Waals surface area contributed by atoms with Gasteiger partial charge in [-0.15, -0.1) is 0 Å². The van der Waals surface area contributed by atoms with Gasteiger partial charge in [0.2, 0.25) is 0 Å². The van der Waals surface area contributed by atoms with Gasteiger partial charge in [-0.25, -0.2) is 9.18 Å². The second-order valence-corrected chi connectivity index (χ2v) is 8.10. The van der Waals surface area contributed by atoms with Crippen molar-refractivity contribution in [3.63, 3.8) is 0 Å². The molecule has 0 saturated heterocycles. The Morgan fingerprint density at radius 2 is 1.91 bits per heavy atom. The zero-order chi connectivity index (χ0) is 22.2. The molecular weight excluding hydrogens is 405 g/mol. The number of hydrogen-bond donors (Lipinski definition) is 2. The maximum atomic E-state index is 14.2. The van der Waals surface area contributed by atoms with Crippen molar-refractivity contribution < 1.29 is 13.9 Å². The van der Waals surface area contributed by atoms with Crippen LogP contribution in [0.25, 0.3) is 10.9 Å². The van der Waals surface area contributed by atoms with Crippen molar-refractivity contribution in [2.45, 2.75) is 19.4 Å². The van der Waals surface area contributed by atoms with Crippen LogP contribution in [0.4, 0.5) is 14.9 Å². The van der Waals surface area contributed by atoms with Crippen LogP contribution < -0.4 is 10.1 Å². The highest BCUT2D eigenvalue weighted by Crippen LogP contribution is 2.39. The first-order valence-electron chi connectivity index (χ1n) is 10.6. The lowest BCUT2D eigenvalue weighted by Crippen LogP contribution is -2.43. The van der Waals surface area contributed by atoms with Gasteiger partial charge in [-0.05, 0) is 54.8 Å². The molecule has 0 bridgehead atoms. The van der Waals surface area contributed by atoms with E-state index in [1.807, 2.05) is 49.4 Å². The van der Waals surface area contributed by atoms with Gasteiger partial charge in [0.05, 0.1) is 18.8 Å². The molecule has 0 radical (unpaired) electrons. The van der Waals surface area contributed by atoms with Crippen molar-refractivity contribution in [3.05, 3.63) is 94.9 Å².